The van der Waals surface area contributed by atoms with Crippen LogP contribution in [0.5, 0.6) is 0 Å². The number of hydrogen-bond acceptors (Lipinski definition) is 6. The minimum atomic E-state index is 0.241. The highest BCUT2D eigenvalue weighted by atomic mass is 35.5. The lowest BCUT2D eigenvalue weighted by atomic mass is 10.4. The van der Waals surface area contributed by atoms with Gasteiger partial charge < -0.3 is 10.6 Å². The summed E-state index contributed by atoms with van der Waals surface area (Å²) in [6.07, 6.45) is 0. The van der Waals surface area contributed by atoms with Gasteiger partial charge in [0.1, 0.15) is 5.82 Å². The van der Waals surface area contributed by atoms with E-state index in [9.17, 15) is 0 Å². The second-order valence-electron chi connectivity index (χ2n) is 4.05. The van der Waals surface area contributed by atoms with Crippen molar-refractivity contribution in [1.29, 1.82) is 0 Å². The fourth-order valence-electron chi connectivity index (χ4n) is 1.37. The predicted octanol–water partition coefficient (Wildman–Crippen LogP) is 2.47. The average Bonchev–Trinajstić information content (AvgIpc) is 2.37. The molecule has 2 rings (SSSR count). The van der Waals surface area contributed by atoms with Gasteiger partial charge in [0.05, 0.1) is 5.75 Å². The van der Waals surface area contributed by atoms with Gasteiger partial charge in [-0.05, 0) is 24.3 Å². The van der Waals surface area contributed by atoms with E-state index in [0.717, 1.165) is 9.92 Å². The molecule has 0 atom stereocenters. The summed E-state index contributed by atoms with van der Waals surface area (Å²) in [6.45, 7) is 0. The van der Waals surface area contributed by atoms with Crippen LogP contribution in [-0.4, -0.2) is 29.0 Å². The zero-order valence-electron chi connectivity index (χ0n) is 10.7. The Morgan fingerprint density at radius 2 is 1.84 bits per heavy atom. The molecule has 0 saturated carbocycles. The lowest BCUT2D eigenvalue weighted by Gasteiger charge is -2.11. The highest BCUT2D eigenvalue weighted by Crippen LogP contribution is 2.23. The Labute approximate surface area is 121 Å². The number of nitrogen functional groups attached to an aromatic ring is 1. The maximum absolute atomic E-state index is 5.84. The van der Waals surface area contributed by atoms with Gasteiger partial charge in [0.15, 0.2) is 0 Å². The molecule has 1 aromatic carbocycles. The molecule has 0 fully saturated rings. The highest BCUT2D eigenvalue weighted by molar-refractivity contribution is 7.98. The molecule has 100 valence electrons. The number of nitrogens with zero attached hydrogens (tertiary/aromatic N) is 4. The first-order valence-electron chi connectivity index (χ1n) is 5.61. The van der Waals surface area contributed by atoms with Gasteiger partial charge in [0.2, 0.25) is 11.9 Å². The second-order valence-corrected chi connectivity index (χ2v) is 5.53. The molecule has 0 unspecified atom stereocenters. The molecule has 0 aliphatic rings. The molecule has 2 aromatic rings. The molecule has 0 radical (unpaired) electrons. The molecule has 19 heavy (non-hydrogen) atoms. The summed E-state index contributed by atoms with van der Waals surface area (Å²) in [5.41, 5.74) is 5.67. The van der Waals surface area contributed by atoms with E-state index in [1.165, 1.54) is 0 Å². The Balaban J connectivity index is 2.08. The van der Waals surface area contributed by atoms with Crippen LogP contribution in [0.4, 0.5) is 11.9 Å². The molecule has 0 bridgehead atoms. The quantitative estimate of drug-likeness (QED) is 0.874. The van der Waals surface area contributed by atoms with E-state index in [2.05, 4.69) is 15.0 Å². The Hall–Kier alpha value is -1.53. The van der Waals surface area contributed by atoms with E-state index in [-0.39, 0.29) is 5.95 Å². The van der Waals surface area contributed by atoms with E-state index in [0.29, 0.717) is 17.5 Å². The summed E-state index contributed by atoms with van der Waals surface area (Å²) in [6, 6.07) is 7.64. The van der Waals surface area contributed by atoms with E-state index in [1.54, 1.807) is 16.7 Å². The number of rotatable bonds is 4. The third kappa shape index (κ3) is 3.97. The monoisotopic (exact) mass is 295 g/mol. The number of thioether (sulfide) groups is 1. The Morgan fingerprint density at radius 3 is 2.47 bits per heavy atom. The van der Waals surface area contributed by atoms with E-state index >= 15 is 0 Å². The first-order chi connectivity index (χ1) is 9.04. The molecular formula is C12H14ClN5S. The molecule has 2 N–H and O–H groups in total. The van der Waals surface area contributed by atoms with Crippen LogP contribution >= 0.6 is 23.4 Å². The topological polar surface area (TPSA) is 67.9 Å². The second kappa shape index (κ2) is 6.08. The molecule has 1 heterocycles. The third-order valence-electron chi connectivity index (χ3n) is 2.27. The smallest absolute Gasteiger partial charge is 0.229 e. The molecule has 5 nitrogen and oxygen atoms in total. The van der Waals surface area contributed by atoms with Gasteiger partial charge in [-0.2, -0.15) is 15.0 Å². The minimum Gasteiger partial charge on any atom is -0.368 e. The van der Waals surface area contributed by atoms with Gasteiger partial charge in [0, 0.05) is 24.0 Å². The van der Waals surface area contributed by atoms with Crippen molar-refractivity contribution in [3.8, 4) is 0 Å². The van der Waals surface area contributed by atoms with Gasteiger partial charge in [-0.25, -0.2) is 0 Å². The van der Waals surface area contributed by atoms with Gasteiger partial charge in [0.25, 0.3) is 0 Å². The van der Waals surface area contributed by atoms with Gasteiger partial charge in [-0.15, -0.1) is 11.8 Å². The van der Waals surface area contributed by atoms with Gasteiger partial charge >= 0.3 is 0 Å². The van der Waals surface area contributed by atoms with Crippen molar-refractivity contribution in [3.63, 3.8) is 0 Å². The molecule has 0 aliphatic heterocycles. The summed E-state index contributed by atoms with van der Waals surface area (Å²) < 4.78 is 0. The minimum absolute atomic E-state index is 0.241. The van der Waals surface area contributed by atoms with Crippen molar-refractivity contribution in [2.45, 2.75) is 10.6 Å². The van der Waals surface area contributed by atoms with Crippen LogP contribution in [0.25, 0.3) is 0 Å². The predicted molar refractivity (Wildman–Crippen MR) is 79.6 cm³/mol. The number of benzene rings is 1. The first kappa shape index (κ1) is 13.9. The highest BCUT2D eigenvalue weighted by Gasteiger charge is 2.06. The molecule has 0 spiro atoms. The standard InChI is InChI=1S/C12H14ClN5S/c1-18(2)12-16-10(15-11(14)17-12)7-19-9-5-3-8(13)4-6-9/h3-6H,7H2,1-2H3,(H2,14,15,16,17). The van der Waals surface area contributed by atoms with Crippen LogP contribution in [0, 0.1) is 0 Å². The van der Waals surface area contributed by atoms with E-state index in [1.807, 2.05) is 38.4 Å². The summed E-state index contributed by atoms with van der Waals surface area (Å²) >= 11 is 7.47. The number of hydrogen-bond donors (Lipinski definition) is 1. The number of halogens is 1. The fourth-order valence-corrected chi connectivity index (χ4v) is 2.25. The van der Waals surface area contributed by atoms with Crippen molar-refractivity contribution < 1.29 is 0 Å². The molecule has 1 aromatic heterocycles. The summed E-state index contributed by atoms with van der Waals surface area (Å²) in [4.78, 5) is 15.4. The zero-order valence-corrected chi connectivity index (χ0v) is 12.2. The third-order valence-corrected chi connectivity index (χ3v) is 3.53. The fraction of sp³-hybridized carbons (Fsp3) is 0.250. The van der Waals surface area contributed by atoms with Crippen LogP contribution in [0.3, 0.4) is 0 Å². The average molecular weight is 296 g/mol. The summed E-state index contributed by atoms with van der Waals surface area (Å²) in [5, 5.41) is 0.726. The first-order valence-corrected chi connectivity index (χ1v) is 6.97. The van der Waals surface area contributed by atoms with Crippen LogP contribution in [-0.2, 0) is 5.75 Å². The SMILES string of the molecule is CN(C)c1nc(N)nc(CSc2ccc(Cl)cc2)n1. The summed E-state index contributed by atoms with van der Waals surface area (Å²) in [5.74, 6) is 2.11. The lowest BCUT2D eigenvalue weighted by Crippen LogP contribution is -2.15. The largest absolute Gasteiger partial charge is 0.368 e. The molecular weight excluding hydrogens is 282 g/mol. The maximum atomic E-state index is 5.84. The Morgan fingerprint density at radius 1 is 1.16 bits per heavy atom. The van der Waals surface area contributed by atoms with Crippen molar-refractivity contribution in [3.05, 3.63) is 35.1 Å². The number of anilines is 2. The molecule has 0 amide bonds. The zero-order chi connectivity index (χ0) is 13.8. The Bertz CT molecular complexity index is 559. The summed E-state index contributed by atoms with van der Waals surface area (Å²) in [7, 11) is 3.73. The van der Waals surface area contributed by atoms with Crippen molar-refractivity contribution in [2.75, 3.05) is 24.7 Å². The van der Waals surface area contributed by atoms with Crippen molar-refractivity contribution in [2.24, 2.45) is 0 Å². The molecule has 0 saturated heterocycles. The van der Waals surface area contributed by atoms with E-state index in [4.69, 9.17) is 17.3 Å². The maximum Gasteiger partial charge on any atom is 0.229 e. The van der Waals surface area contributed by atoms with Gasteiger partial charge in [-0.3, -0.25) is 0 Å². The normalized spacial score (nSPS) is 10.5. The van der Waals surface area contributed by atoms with Crippen LogP contribution in [0.15, 0.2) is 29.2 Å². The van der Waals surface area contributed by atoms with Gasteiger partial charge in [-0.1, -0.05) is 11.6 Å². The van der Waals surface area contributed by atoms with Crippen molar-refractivity contribution in [1.82, 2.24) is 15.0 Å². The van der Waals surface area contributed by atoms with Crippen LogP contribution in [0.1, 0.15) is 5.82 Å². The van der Waals surface area contributed by atoms with Crippen LogP contribution in [0.2, 0.25) is 5.02 Å². The number of aromatic nitrogens is 3. The number of nitrogens with two attached hydrogens (primary N) is 1. The van der Waals surface area contributed by atoms with Crippen LogP contribution < -0.4 is 10.6 Å². The molecule has 0 aliphatic carbocycles. The van der Waals surface area contributed by atoms with Crippen molar-refractivity contribution >= 4 is 35.3 Å². The van der Waals surface area contributed by atoms with E-state index < -0.39 is 0 Å². The Kier molecular flexibility index (Phi) is 4.44. The lowest BCUT2D eigenvalue weighted by molar-refractivity contribution is 0.919. The molecule has 7 heteroatoms.